The van der Waals surface area contributed by atoms with E-state index in [0.29, 0.717) is 11.8 Å². The molecule has 0 aliphatic heterocycles. The van der Waals surface area contributed by atoms with Gasteiger partial charge in [0, 0.05) is 31.1 Å². The molecule has 5 rings (SSSR count). The van der Waals surface area contributed by atoms with Gasteiger partial charge in [0.2, 0.25) is 0 Å². The van der Waals surface area contributed by atoms with Crippen LogP contribution in [0.4, 0.5) is 5.69 Å². The van der Waals surface area contributed by atoms with E-state index in [4.69, 9.17) is 0 Å². The van der Waals surface area contributed by atoms with Gasteiger partial charge in [0.05, 0.1) is 5.71 Å². The van der Waals surface area contributed by atoms with Crippen molar-refractivity contribution in [3.8, 4) is 11.8 Å². The number of hydrogen-bond acceptors (Lipinski definition) is 4. The Bertz CT molecular complexity index is 1150. The van der Waals surface area contributed by atoms with Gasteiger partial charge >= 0.3 is 0 Å². The van der Waals surface area contributed by atoms with Crippen molar-refractivity contribution in [3.05, 3.63) is 65.3 Å². The van der Waals surface area contributed by atoms with Crippen molar-refractivity contribution in [1.82, 2.24) is 0 Å². The van der Waals surface area contributed by atoms with Crippen LogP contribution >= 0.6 is 0 Å². The highest BCUT2D eigenvalue weighted by atomic mass is 16.4. The van der Waals surface area contributed by atoms with E-state index in [9.17, 15) is 10.3 Å². The van der Waals surface area contributed by atoms with E-state index in [1.807, 2.05) is 0 Å². The maximum atomic E-state index is 11.8. The van der Waals surface area contributed by atoms with Crippen LogP contribution in [0.25, 0.3) is 0 Å². The molecule has 0 bridgehead atoms. The monoisotopic (exact) mass is 456 g/mol. The summed E-state index contributed by atoms with van der Waals surface area (Å²) in [7, 11) is 4.14. The van der Waals surface area contributed by atoms with Crippen LogP contribution in [-0.2, 0) is 0 Å². The van der Waals surface area contributed by atoms with Crippen LogP contribution in [0.15, 0.2) is 64.9 Å². The first-order chi connectivity index (χ1) is 16.3. The zero-order valence-corrected chi connectivity index (χ0v) is 20.6. The molecule has 2 saturated carbocycles. The fourth-order valence-electron chi connectivity index (χ4n) is 7.44. The second-order valence-electron chi connectivity index (χ2n) is 11.0. The highest BCUT2D eigenvalue weighted by Gasteiger charge is 2.62. The fraction of sp³-hybridized carbons (Fsp3) is 0.500. The third-order valence-electron chi connectivity index (χ3n) is 9.22. The SMILES string of the molecule is C=CC#C[C@]1(O)CC[C@H]2[C@@H]3CCC4=CC(=NO)CCC4=C3[C@@H](c3ccc(N(C)C)cc3)C[C@@]21C. The molecule has 2 fully saturated rings. The molecule has 0 radical (unpaired) electrons. The van der Waals surface area contributed by atoms with Crippen LogP contribution in [-0.4, -0.2) is 35.7 Å². The molecule has 0 amide bonds. The Morgan fingerprint density at radius 3 is 2.59 bits per heavy atom. The molecule has 0 saturated heterocycles. The van der Waals surface area contributed by atoms with E-state index >= 15 is 0 Å². The molecule has 4 aliphatic rings. The molecular formula is C30H36N2O2. The Labute approximate surface area is 203 Å². The van der Waals surface area contributed by atoms with Crippen LogP contribution in [0.5, 0.6) is 0 Å². The van der Waals surface area contributed by atoms with Crippen molar-refractivity contribution in [2.75, 3.05) is 19.0 Å². The Balaban J connectivity index is 1.66. The molecule has 34 heavy (non-hydrogen) atoms. The minimum Gasteiger partial charge on any atom is -0.411 e. The maximum Gasteiger partial charge on any atom is 0.131 e. The molecule has 1 aromatic carbocycles. The molecule has 0 spiro atoms. The molecule has 5 atom stereocenters. The van der Waals surface area contributed by atoms with E-state index in [1.165, 1.54) is 22.4 Å². The van der Waals surface area contributed by atoms with Gasteiger partial charge in [-0.25, -0.2) is 0 Å². The lowest BCUT2D eigenvalue weighted by Crippen LogP contribution is -2.51. The molecule has 4 heteroatoms. The van der Waals surface area contributed by atoms with Crippen molar-refractivity contribution in [2.24, 2.45) is 22.4 Å². The quantitative estimate of drug-likeness (QED) is 0.334. The molecule has 1 aromatic rings. The summed E-state index contributed by atoms with van der Waals surface area (Å²) in [5, 5.41) is 24.7. The van der Waals surface area contributed by atoms with Gasteiger partial charge in [0.1, 0.15) is 5.60 Å². The first-order valence-corrected chi connectivity index (χ1v) is 12.6. The van der Waals surface area contributed by atoms with Crippen LogP contribution < -0.4 is 4.90 Å². The van der Waals surface area contributed by atoms with Gasteiger partial charge < -0.3 is 15.2 Å². The largest absolute Gasteiger partial charge is 0.411 e. The van der Waals surface area contributed by atoms with Gasteiger partial charge in [-0.3, -0.25) is 0 Å². The topological polar surface area (TPSA) is 56.1 Å². The Hall–Kier alpha value is -2.77. The van der Waals surface area contributed by atoms with Crippen LogP contribution in [0, 0.1) is 29.1 Å². The summed E-state index contributed by atoms with van der Waals surface area (Å²) in [6.07, 6.45) is 10.2. The summed E-state index contributed by atoms with van der Waals surface area (Å²) in [5.41, 5.74) is 6.48. The van der Waals surface area contributed by atoms with Crippen molar-refractivity contribution < 1.29 is 10.3 Å². The summed E-state index contributed by atoms with van der Waals surface area (Å²) in [4.78, 5) is 2.13. The molecular weight excluding hydrogens is 420 g/mol. The Morgan fingerprint density at radius 1 is 1.15 bits per heavy atom. The molecule has 4 nitrogen and oxygen atoms in total. The van der Waals surface area contributed by atoms with Gasteiger partial charge in [-0.1, -0.05) is 48.2 Å². The van der Waals surface area contributed by atoms with Gasteiger partial charge in [0.15, 0.2) is 0 Å². The zero-order chi connectivity index (χ0) is 24.1. The molecule has 0 unspecified atom stereocenters. The van der Waals surface area contributed by atoms with E-state index in [2.05, 4.69) is 79.8 Å². The highest BCUT2D eigenvalue weighted by Crippen LogP contribution is 2.66. The lowest BCUT2D eigenvalue weighted by atomic mass is 9.51. The second-order valence-corrected chi connectivity index (χ2v) is 11.0. The Morgan fingerprint density at radius 2 is 1.91 bits per heavy atom. The molecule has 0 heterocycles. The smallest absolute Gasteiger partial charge is 0.131 e. The lowest BCUT2D eigenvalue weighted by Gasteiger charge is -2.53. The molecule has 2 N–H and O–H groups in total. The first-order valence-electron chi connectivity index (χ1n) is 12.6. The maximum absolute atomic E-state index is 11.8. The highest BCUT2D eigenvalue weighted by molar-refractivity contribution is 5.97. The average Bonchev–Trinajstić information content (AvgIpc) is 3.12. The van der Waals surface area contributed by atoms with Gasteiger partial charge in [-0.05, 0) is 97.8 Å². The van der Waals surface area contributed by atoms with E-state index in [-0.39, 0.29) is 11.3 Å². The number of rotatable bonds is 2. The van der Waals surface area contributed by atoms with Crippen LogP contribution in [0.3, 0.4) is 0 Å². The van der Waals surface area contributed by atoms with Crippen LogP contribution in [0.2, 0.25) is 0 Å². The third kappa shape index (κ3) is 3.45. The van der Waals surface area contributed by atoms with E-state index < -0.39 is 5.60 Å². The number of hydrogen-bond donors (Lipinski definition) is 2. The minimum atomic E-state index is -0.983. The fourth-order valence-corrected chi connectivity index (χ4v) is 7.44. The summed E-state index contributed by atoms with van der Waals surface area (Å²) < 4.78 is 0. The average molecular weight is 457 g/mol. The van der Waals surface area contributed by atoms with Crippen molar-refractivity contribution >= 4 is 11.4 Å². The van der Waals surface area contributed by atoms with Crippen LogP contribution in [0.1, 0.15) is 63.4 Å². The number of allylic oxidation sites excluding steroid dienone is 5. The standard InChI is InChI=1S/C30H36N2O2/c1-5-6-16-30(33)17-15-27-25-13-9-21-18-22(31-34)10-14-24(21)28(25)26(19-29(27,30)2)20-7-11-23(12-8-20)32(3)4/h5,7-8,11-12,18,25-27,33-34H,1,9-10,13-15,17,19H2,2-4H3/t25-,26+,27-,29-,30-/m0/s1. The molecule has 0 aromatic heterocycles. The first kappa shape index (κ1) is 23.0. The summed E-state index contributed by atoms with van der Waals surface area (Å²) in [6.45, 7) is 6.04. The third-order valence-corrected chi connectivity index (χ3v) is 9.22. The lowest BCUT2D eigenvalue weighted by molar-refractivity contribution is -0.0512. The van der Waals surface area contributed by atoms with Gasteiger partial charge in [0.25, 0.3) is 0 Å². The number of anilines is 1. The minimum absolute atomic E-state index is 0.254. The van der Waals surface area contributed by atoms with Crippen molar-refractivity contribution in [3.63, 3.8) is 0 Å². The number of oxime groups is 1. The number of aliphatic hydroxyl groups is 1. The van der Waals surface area contributed by atoms with Gasteiger partial charge in [-0.2, -0.15) is 0 Å². The van der Waals surface area contributed by atoms with E-state index in [1.54, 1.807) is 11.6 Å². The summed E-state index contributed by atoms with van der Waals surface area (Å²) in [5.74, 6) is 7.34. The summed E-state index contributed by atoms with van der Waals surface area (Å²) >= 11 is 0. The predicted octanol–water partition coefficient (Wildman–Crippen LogP) is 5.83. The predicted molar refractivity (Wildman–Crippen MR) is 138 cm³/mol. The summed E-state index contributed by atoms with van der Waals surface area (Å²) in [6, 6.07) is 8.97. The zero-order valence-electron chi connectivity index (χ0n) is 20.6. The van der Waals surface area contributed by atoms with E-state index in [0.717, 1.165) is 50.7 Å². The number of benzene rings is 1. The number of nitrogens with zero attached hydrogens (tertiary/aromatic N) is 2. The van der Waals surface area contributed by atoms with Gasteiger partial charge in [-0.15, -0.1) is 0 Å². The Kier molecular flexibility index (Phi) is 5.73. The number of fused-ring (bicyclic) bond motifs is 4. The van der Waals surface area contributed by atoms with Crippen molar-refractivity contribution in [1.29, 1.82) is 0 Å². The molecule has 178 valence electrons. The molecule has 4 aliphatic carbocycles. The normalized spacial score (nSPS) is 35.5. The van der Waals surface area contributed by atoms with Crippen molar-refractivity contribution in [2.45, 2.75) is 63.4 Å². The second kappa shape index (κ2) is 8.47.